The van der Waals surface area contributed by atoms with E-state index in [1.165, 1.54) is 22.1 Å². The van der Waals surface area contributed by atoms with Gasteiger partial charge in [0.2, 0.25) is 0 Å². The fourth-order valence-electron chi connectivity index (χ4n) is 1.52. The Morgan fingerprint density at radius 3 is 2.64 bits per heavy atom. The van der Waals surface area contributed by atoms with E-state index >= 15 is 0 Å². The summed E-state index contributed by atoms with van der Waals surface area (Å²) >= 11 is -0.524. The van der Waals surface area contributed by atoms with E-state index in [0.29, 0.717) is 3.43 Å². The predicted octanol–water partition coefficient (Wildman–Crippen LogP) is 1.90. The van der Waals surface area contributed by atoms with Crippen molar-refractivity contribution in [2.24, 2.45) is 0 Å². The number of rotatable bonds is 2. The molecular formula is C11H16N2Sn. The van der Waals surface area contributed by atoms with Crippen LogP contribution in [0.25, 0.3) is 0 Å². The van der Waals surface area contributed by atoms with E-state index in [2.05, 4.69) is 36.9 Å². The monoisotopic (exact) mass is 296 g/mol. The summed E-state index contributed by atoms with van der Waals surface area (Å²) in [6.45, 7) is 7.01. The number of nitrogens with zero attached hydrogens (tertiary/aromatic N) is 2. The average Bonchev–Trinajstić information content (AvgIpc) is 2.85. The molecule has 2 nitrogen and oxygen atoms in total. The van der Waals surface area contributed by atoms with Crippen molar-refractivity contribution >= 4 is 24.7 Å². The van der Waals surface area contributed by atoms with Crippen molar-refractivity contribution in [3.63, 3.8) is 0 Å². The van der Waals surface area contributed by atoms with Crippen molar-refractivity contribution in [1.82, 2.24) is 9.97 Å². The molecule has 0 N–H and O–H groups in total. The summed E-state index contributed by atoms with van der Waals surface area (Å²) in [6.07, 6.45) is 6.46. The van der Waals surface area contributed by atoms with Crippen LogP contribution < -0.4 is 3.58 Å². The molecule has 0 aromatic carbocycles. The van der Waals surface area contributed by atoms with Crippen LogP contribution in [0, 0.1) is 0 Å². The third kappa shape index (κ3) is 2.69. The summed E-state index contributed by atoms with van der Waals surface area (Å²) in [6, 6.07) is 0. The molecule has 1 aliphatic rings. The van der Waals surface area contributed by atoms with E-state index in [9.17, 15) is 0 Å². The number of hydrogen-bond donors (Lipinski definition) is 0. The minimum absolute atomic E-state index is 0.498. The molecule has 0 atom stereocenters. The summed E-state index contributed by atoms with van der Waals surface area (Å²) in [5.41, 5.74) is 1.38. The second kappa shape index (κ2) is 3.80. The van der Waals surface area contributed by atoms with Crippen LogP contribution in [0.3, 0.4) is 0 Å². The Hall–Kier alpha value is -0.121. The molecular weight excluding hydrogens is 279 g/mol. The van der Waals surface area contributed by atoms with Gasteiger partial charge in [-0.1, -0.05) is 0 Å². The van der Waals surface area contributed by atoms with Gasteiger partial charge in [-0.25, -0.2) is 0 Å². The van der Waals surface area contributed by atoms with Gasteiger partial charge in [0.15, 0.2) is 0 Å². The normalized spacial score (nSPS) is 17.1. The Labute approximate surface area is 95.8 Å². The molecule has 1 aliphatic carbocycles. The van der Waals surface area contributed by atoms with Gasteiger partial charge in [-0.3, -0.25) is 0 Å². The fraction of sp³-hybridized carbons (Fsp3) is 0.636. The molecule has 1 fully saturated rings. The summed E-state index contributed by atoms with van der Waals surface area (Å²) < 4.78 is 2.02. The van der Waals surface area contributed by atoms with Crippen LogP contribution in [-0.2, 0) is 0 Å². The molecule has 0 saturated heterocycles. The van der Waals surface area contributed by atoms with E-state index in [4.69, 9.17) is 0 Å². The second-order valence-electron chi connectivity index (χ2n) is 4.97. The first-order valence-electron chi connectivity index (χ1n) is 5.14. The molecule has 0 aliphatic heterocycles. The maximum atomic E-state index is 4.46. The van der Waals surface area contributed by atoms with Crippen LogP contribution in [0.1, 0.15) is 45.2 Å². The molecule has 74 valence electrons. The van der Waals surface area contributed by atoms with Crippen LogP contribution in [0.2, 0.25) is 3.43 Å². The van der Waals surface area contributed by atoms with Crippen LogP contribution in [0.5, 0.6) is 0 Å². The Bertz CT molecular complexity index is 326. The molecule has 1 aromatic rings. The molecule has 0 unspecified atom stereocenters. The summed E-state index contributed by atoms with van der Waals surface area (Å²) in [5.74, 6) is 0.774. The van der Waals surface area contributed by atoms with E-state index in [1.807, 2.05) is 0 Å². The number of aromatic nitrogens is 2. The zero-order valence-corrected chi connectivity index (χ0v) is 11.9. The zero-order chi connectivity index (χ0) is 10.2. The molecule has 2 radical (unpaired) electrons. The summed E-state index contributed by atoms with van der Waals surface area (Å²) in [4.78, 5) is 8.63. The summed E-state index contributed by atoms with van der Waals surface area (Å²) in [5, 5.41) is 0. The van der Waals surface area contributed by atoms with Gasteiger partial charge in [-0.2, -0.15) is 0 Å². The number of hydrogen-bond acceptors (Lipinski definition) is 2. The minimum atomic E-state index is -0.524. The van der Waals surface area contributed by atoms with Crippen LogP contribution in [0.4, 0.5) is 0 Å². The van der Waals surface area contributed by atoms with Gasteiger partial charge >= 0.3 is 95.9 Å². The average molecular weight is 295 g/mol. The van der Waals surface area contributed by atoms with E-state index in [-0.39, 0.29) is 0 Å². The van der Waals surface area contributed by atoms with Gasteiger partial charge < -0.3 is 0 Å². The molecule has 14 heavy (non-hydrogen) atoms. The quantitative estimate of drug-likeness (QED) is 0.779. The molecule has 1 heterocycles. The molecule has 0 amide bonds. The van der Waals surface area contributed by atoms with Crippen molar-refractivity contribution in [2.75, 3.05) is 0 Å². The maximum absolute atomic E-state index is 4.46. The van der Waals surface area contributed by atoms with Gasteiger partial charge in [-0.15, -0.1) is 0 Å². The van der Waals surface area contributed by atoms with Crippen molar-refractivity contribution < 1.29 is 0 Å². The predicted molar refractivity (Wildman–Crippen MR) is 59.1 cm³/mol. The van der Waals surface area contributed by atoms with Crippen LogP contribution >= 0.6 is 0 Å². The first-order chi connectivity index (χ1) is 6.56. The van der Waals surface area contributed by atoms with Gasteiger partial charge in [0.25, 0.3) is 0 Å². The zero-order valence-electron chi connectivity index (χ0n) is 9.04. The Balaban J connectivity index is 2.23. The Kier molecular flexibility index (Phi) is 2.82. The molecule has 0 bridgehead atoms. The third-order valence-corrected chi connectivity index (χ3v) is 6.23. The molecule has 2 rings (SSSR count). The van der Waals surface area contributed by atoms with Crippen molar-refractivity contribution in [2.45, 2.75) is 43.0 Å². The second-order valence-corrected chi connectivity index (χ2v) is 11.5. The molecule has 3 heteroatoms. The first kappa shape index (κ1) is 10.4. The van der Waals surface area contributed by atoms with Crippen molar-refractivity contribution in [1.29, 1.82) is 0 Å². The van der Waals surface area contributed by atoms with Gasteiger partial charge in [0.05, 0.1) is 0 Å². The molecule has 1 aromatic heterocycles. The van der Waals surface area contributed by atoms with Gasteiger partial charge in [0, 0.05) is 0 Å². The van der Waals surface area contributed by atoms with Crippen LogP contribution in [-0.4, -0.2) is 31.1 Å². The van der Waals surface area contributed by atoms with Gasteiger partial charge in [-0.05, 0) is 0 Å². The molecule has 1 saturated carbocycles. The standard InChI is InChI=1S/C7H7N2.C4H9.Sn/c1-2-6(1)7-3-4-8-5-9-7;1-4(2)3;/h4-6H,1-2H2;1-3H3;. The fourth-order valence-corrected chi connectivity index (χ4v) is 5.36. The summed E-state index contributed by atoms with van der Waals surface area (Å²) in [7, 11) is 0. The van der Waals surface area contributed by atoms with E-state index in [1.54, 1.807) is 6.33 Å². The first-order valence-corrected chi connectivity index (χ1v) is 8.00. The van der Waals surface area contributed by atoms with E-state index in [0.717, 1.165) is 5.92 Å². The Morgan fingerprint density at radius 1 is 1.36 bits per heavy atom. The topological polar surface area (TPSA) is 25.8 Å². The molecule has 0 spiro atoms. The Morgan fingerprint density at radius 2 is 2.07 bits per heavy atom. The van der Waals surface area contributed by atoms with E-state index < -0.39 is 21.1 Å². The SMILES string of the molecule is C[C](C)(C)[Sn][c]1cncnc1C1CC1. The van der Waals surface area contributed by atoms with Crippen LogP contribution in [0.15, 0.2) is 12.5 Å². The van der Waals surface area contributed by atoms with Gasteiger partial charge in [0.1, 0.15) is 0 Å². The van der Waals surface area contributed by atoms with Crippen molar-refractivity contribution in [3.05, 3.63) is 18.2 Å². The van der Waals surface area contributed by atoms with Crippen molar-refractivity contribution in [3.8, 4) is 0 Å². The third-order valence-electron chi connectivity index (χ3n) is 2.22.